The molecule has 5 rings (SSSR count). The summed E-state index contributed by atoms with van der Waals surface area (Å²) in [4.78, 5) is 26.9. The van der Waals surface area contributed by atoms with Crippen LogP contribution in [0, 0.1) is 0 Å². The first-order valence-corrected chi connectivity index (χ1v) is 11.0. The van der Waals surface area contributed by atoms with Crippen molar-refractivity contribution in [3.63, 3.8) is 0 Å². The molecule has 1 aromatic heterocycles. The number of hydrogen-bond acceptors (Lipinski definition) is 5. The zero-order valence-corrected chi connectivity index (χ0v) is 18.4. The van der Waals surface area contributed by atoms with Crippen LogP contribution >= 0.6 is 31.9 Å². The average molecular weight is 509 g/mol. The number of aromatic nitrogens is 2. The molecule has 28 heavy (non-hydrogen) atoms. The lowest BCUT2D eigenvalue weighted by Gasteiger charge is -2.35. The van der Waals surface area contributed by atoms with Crippen molar-refractivity contribution in [3.05, 3.63) is 38.7 Å². The van der Waals surface area contributed by atoms with Gasteiger partial charge in [0.25, 0.3) is 5.91 Å². The Bertz CT molecular complexity index is 1020. The number of phenolic OH excluding ortho intramolecular Hbond substituents is 1. The number of amides is 1. The molecule has 7 nitrogen and oxygen atoms in total. The lowest BCUT2D eigenvalue weighted by atomic mass is 10.1. The molecule has 1 aliphatic carbocycles. The number of rotatable bonds is 3. The Morgan fingerprint density at radius 3 is 2.86 bits per heavy atom. The maximum atomic E-state index is 13.3. The highest BCUT2D eigenvalue weighted by atomic mass is 79.9. The van der Waals surface area contributed by atoms with Gasteiger partial charge in [0.05, 0.1) is 23.1 Å². The quantitative estimate of drug-likeness (QED) is 0.685. The summed E-state index contributed by atoms with van der Waals surface area (Å²) in [5.74, 6) is 1.57. The summed E-state index contributed by atoms with van der Waals surface area (Å²) in [5.41, 5.74) is 1.55. The molecule has 1 fully saturated rings. The standard InChI is InChI=1S/C19H19Br2N5O2/c1-2-24-17(28)15-16(26-13-5-3-4-12(13)22-19(24)26)23-18(21)25(15)9-10-6-7-14(27)11(20)8-10/h6-8,12-13,27H,2-5,9H2,1H3/t12-,13+/m1/s1. The zero-order chi connectivity index (χ0) is 19.6. The number of halogens is 2. The summed E-state index contributed by atoms with van der Waals surface area (Å²) in [6.45, 7) is 3.02. The van der Waals surface area contributed by atoms with Gasteiger partial charge in [0.15, 0.2) is 16.2 Å². The van der Waals surface area contributed by atoms with E-state index in [2.05, 4.69) is 36.8 Å². The van der Waals surface area contributed by atoms with Crippen LogP contribution < -0.4 is 4.90 Å². The highest BCUT2D eigenvalue weighted by Crippen LogP contribution is 2.41. The van der Waals surface area contributed by atoms with Gasteiger partial charge in [-0.1, -0.05) is 6.07 Å². The van der Waals surface area contributed by atoms with E-state index in [1.165, 1.54) is 0 Å². The molecule has 2 atom stereocenters. The molecule has 0 radical (unpaired) electrons. The zero-order valence-electron chi connectivity index (χ0n) is 15.3. The lowest BCUT2D eigenvalue weighted by molar-refractivity contribution is 0.0835. The van der Waals surface area contributed by atoms with Crippen molar-refractivity contribution in [1.29, 1.82) is 0 Å². The summed E-state index contributed by atoms with van der Waals surface area (Å²) in [7, 11) is 0. The van der Waals surface area contributed by atoms with Crippen molar-refractivity contribution in [2.75, 3.05) is 11.4 Å². The number of aliphatic imine (C=N–C) groups is 1. The van der Waals surface area contributed by atoms with Gasteiger partial charge in [0, 0.05) is 6.54 Å². The molecule has 0 spiro atoms. The number of benzene rings is 1. The molecule has 9 heteroatoms. The van der Waals surface area contributed by atoms with Gasteiger partial charge in [-0.15, -0.1) is 0 Å². The maximum Gasteiger partial charge on any atom is 0.281 e. The Hall–Kier alpha value is -1.87. The van der Waals surface area contributed by atoms with Crippen LogP contribution in [-0.4, -0.2) is 50.1 Å². The minimum atomic E-state index is -0.0662. The van der Waals surface area contributed by atoms with Crippen LogP contribution in [0.5, 0.6) is 5.75 Å². The van der Waals surface area contributed by atoms with Gasteiger partial charge in [-0.05, 0) is 75.7 Å². The summed E-state index contributed by atoms with van der Waals surface area (Å²) in [6.07, 6.45) is 3.29. The van der Waals surface area contributed by atoms with E-state index in [9.17, 15) is 9.90 Å². The monoisotopic (exact) mass is 507 g/mol. The van der Waals surface area contributed by atoms with Crippen LogP contribution in [0.25, 0.3) is 0 Å². The number of imidazole rings is 1. The van der Waals surface area contributed by atoms with E-state index in [0.29, 0.717) is 33.8 Å². The van der Waals surface area contributed by atoms with Crippen molar-refractivity contribution >= 4 is 49.5 Å². The van der Waals surface area contributed by atoms with E-state index in [1.807, 2.05) is 23.6 Å². The van der Waals surface area contributed by atoms with Crippen LogP contribution in [0.15, 0.2) is 32.4 Å². The molecule has 0 saturated heterocycles. The summed E-state index contributed by atoms with van der Waals surface area (Å²) in [6, 6.07) is 5.88. The third kappa shape index (κ3) is 2.55. The number of carbonyl (C=O) groups is 1. The van der Waals surface area contributed by atoms with Crippen molar-refractivity contribution in [2.45, 2.75) is 44.8 Å². The average Bonchev–Trinajstić information content (AvgIpc) is 3.32. The van der Waals surface area contributed by atoms with Gasteiger partial charge >= 0.3 is 0 Å². The number of fused-ring (bicyclic) bond motifs is 5. The first kappa shape index (κ1) is 18.2. The van der Waals surface area contributed by atoms with Gasteiger partial charge < -0.3 is 9.67 Å². The number of carbonyl (C=O) groups excluding carboxylic acids is 1. The highest BCUT2D eigenvalue weighted by Gasteiger charge is 2.49. The summed E-state index contributed by atoms with van der Waals surface area (Å²) < 4.78 is 3.14. The highest BCUT2D eigenvalue weighted by molar-refractivity contribution is 9.10. The van der Waals surface area contributed by atoms with Crippen LogP contribution in [0.4, 0.5) is 5.82 Å². The van der Waals surface area contributed by atoms with Crippen molar-refractivity contribution in [3.8, 4) is 5.75 Å². The van der Waals surface area contributed by atoms with E-state index in [0.717, 1.165) is 30.8 Å². The molecule has 1 N–H and O–H groups in total. The number of anilines is 1. The van der Waals surface area contributed by atoms with Crippen LogP contribution in [0.3, 0.4) is 0 Å². The molecule has 0 bridgehead atoms. The second kappa shape index (κ2) is 6.59. The minimum Gasteiger partial charge on any atom is -0.507 e. The van der Waals surface area contributed by atoms with Crippen LogP contribution in [0.2, 0.25) is 0 Å². The van der Waals surface area contributed by atoms with Crippen molar-refractivity contribution in [2.24, 2.45) is 4.99 Å². The van der Waals surface area contributed by atoms with Crippen LogP contribution in [0.1, 0.15) is 42.2 Å². The normalized spacial score (nSPS) is 23.0. The molecule has 1 aromatic carbocycles. The lowest BCUT2D eigenvalue weighted by Crippen LogP contribution is -2.53. The fourth-order valence-electron chi connectivity index (χ4n) is 4.46. The Morgan fingerprint density at radius 1 is 1.29 bits per heavy atom. The number of phenols is 1. The topological polar surface area (TPSA) is 74.0 Å². The van der Waals surface area contributed by atoms with Crippen LogP contribution in [-0.2, 0) is 6.54 Å². The Kier molecular flexibility index (Phi) is 4.28. The summed E-state index contributed by atoms with van der Waals surface area (Å²) in [5, 5.41) is 9.76. The number of nitrogens with zero attached hydrogens (tertiary/aromatic N) is 5. The smallest absolute Gasteiger partial charge is 0.281 e. The Balaban J connectivity index is 1.62. The second-order valence-electron chi connectivity index (χ2n) is 7.34. The van der Waals surface area contributed by atoms with Gasteiger partial charge in [-0.25, -0.2) is 9.98 Å². The number of aromatic hydroxyl groups is 1. The molecule has 3 heterocycles. The van der Waals surface area contributed by atoms with E-state index >= 15 is 0 Å². The van der Waals surface area contributed by atoms with Gasteiger partial charge in [0.1, 0.15) is 5.75 Å². The Morgan fingerprint density at radius 2 is 2.11 bits per heavy atom. The summed E-state index contributed by atoms with van der Waals surface area (Å²) >= 11 is 6.92. The fraction of sp³-hybridized carbons (Fsp3) is 0.421. The Labute approximate surface area is 179 Å². The third-order valence-electron chi connectivity index (χ3n) is 5.76. The fourth-order valence-corrected chi connectivity index (χ4v) is 5.35. The molecule has 2 aliphatic heterocycles. The first-order valence-electron chi connectivity index (χ1n) is 9.42. The molecule has 0 unspecified atom stereocenters. The molecule has 2 aromatic rings. The maximum absolute atomic E-state index is 13.3. The largest absolute Gasteiger partial charge is 0.507 e. The first-order chi connectivity index (χ1) is 13.5. The molecular weight excluding hydrogens is 490 g/mol. The van der Waals surface area contributed by atoms with Gasteiger partial charge in [-0.3, -0.25) is 14.6 Å². The minimum absolute atomic E-state index is 0.0662. The molecule has 1 saturated carbocycles. The molecule has 1 amide bonds. The SMILES string of the molecule is CCN1C(=O)c2c(nc(Br)n2Cc2ccc(O)c(Br)c2)N2C1=N[C@@H]1CCC[C@@H]12. The van der Waals surface area contributed by atoms with Gasteiger partial charge in [-0.2, -0.15) is 0 Å². The molecule has 146 valence electrons. The molecular formula is C19H19Br2N5O2. The van der Waals surface area contributed by atoms with E-state index < -0.39 is 0 Å². The van der Waals surface area contributed by atoms with Crippen molar-refractivity contribution in [1.82, 2.24) is 14.5 Å². The third-order valence-corrected chi connectivity index (χ3v) is 7.00. The second-order valence-corrected chi connectivity index (χ2v) is 8.90. The number of hydrogen-bond donors (Lipinski definition) is 1. The number of guanidine groups is 1. The van der Waals surface area contributed by atoms with Gasteiger partial charge in [0.2, 0.25) is 5.96 Å². The van der Waals surface area contributed by atoms with E-state index in [4.69, 9.17) is 9.98 Å². The van der Waals surface area contributed by atoms with E-state index in [-0.39, 0.29) is 23.7 Å². The predicted molar refractivity (Wildman–Crippen MR) is 113 cm³/mol. The van der Waals surface area contributed by atoms with Crippen molar-refractivity contribution < 1.29 is 9.90 Å². The predicted octanol–water partition coefficient (Wildman–Crippen LogP) is 3.73. The van der Waals surface area contributed by atoms with E-state index in [1.54, 1.807) is 11.0 Å². The molecule has 3 aliphatic rings.